The van der Waals surface area contributed by atoms with Gasteiger partial charge in [-0.15, -0.1) is 0 Å². The molecule has 0 bridgehead atoms. The first-order valence-corrected chi connectivity index (χ1v) is 7.59. The predicted octanol–water partition coefficient (Wildman–Crippen LogP) is 3.72. The van der Waals surface area contributed by atoms with E-state index in [1.165, 1.54) is 37.6 Å². The zero-order valence-electron chi connectivity index (χ0n) is 12.1. The smallest absolute Gasteiger partial charge is 0.119 e. The number of methoxy groups -OCH3 is 1. The summed E-state index contributed by atoms with van der Waals surface area (Å²) in [6.07, 6.45) is 6.73. The zero-order valence-corrected chi connectivity index (χ0v) is 12.1. The Bertz CT molecular complexity index is 582. The van der Waals surface area contributed by atoms with Gasteiger partial charge in [0.25, 0.3) is 0 Å². The molecule has 1 aromatic heterocycles. The molecule has 3 heteroatoms. The van der Waals surface area contributed by atoms with Gasteiger partial charge in [-0.3, -0.25) is 0 Å². The first-order chi connectivity index (χ1) is 9.81. The van der Waals surface area contributed by atoms with Crippen molar-refractivity contribution in [1.82, 2.24) is 4.57 Å². The second-order valence-corrected chi connectivity index (χ2v) is 5.83. The molecule has 2 aromatic rings. The van der Waals surface area contributed by atoms with Gasteiger partial charge >= 0.3 is 0 Å². The Balaban J connectivity index is 1.94. The van der Waals surface area contributed by atoms with Crippen molar-refractivity contribution in [3.05, 3.63) is 30.0 Å². The topological polar surface area (TPSA) is 34.4 Å². The Kier molecular flexibility index (Phi) is 3.97. The predicted molar refractivity (Wildman–Crippen MR) is 81.0 cm³/mol. The van der Waals surface area contributed by atoms with Gasteiger partial charge in [0.1, 0.15) is 5.75 Å². The minimum Gasteiger partial charge on any atom is -0.497 e. The summed E-state index contributed by atoms with van der Waals surface area (Å²) in [6.45, 7) is 1.13. The van der Waals surface area contributed by atoms with Crippen molar-refractivity contribution in [2.75, 3.05) is 7.11 Å². The van der Waals surface area contributed by atoms with Crippen molar-refractivity contribution >= 4 is 10.9 Å². The number of nitrogens with zero attached hydrogens (tertiary/aromatic N) is 1. The molecule has 108 valence electrons. The summed E-state index contributed by atoms with van der Waals surface area (Å²) in [5.74, 6) is 1.63. The SMILES string of the molecule is COc1ccc2c(c1)cc(CO)n2CC1CCCCC1. The van der Waals surface area contributed by atoms with E-state index in [0.29, 0.717) is 0 Å². The number of aliphatic hydroxyl groups excluding tert-OH is 1. The quantitative estimate of drug-likeness (QED) is 0.921. The fourth-order valence-electron chi connectivity index (χ4n) is 3.41. The molecule has 20 heavy (non-hydrogen) atoms. The van der Waals surface area contributed by atoms with Crippen LogP contribution in [0.15, 0.2) is 24.3 Å². The van der Waals surface area contributed by atoms with E-state index in [2.05, 4.69) is 16.7 Å². The Hall–Kier alpha value is -1.48. The lowest BCUT2D eigenvalue weighted by molar-refractivity contribution is 0.261. The van der Waals surface area contributed by atoms with Crippen LogP contribution in [-0.4, -0.2) is 16.8 Å². The van der Waals surface area contributed by atoms with Crippen LogP contribution in [0.1, 0.15) is 37.8 Å². The molecule has 1 saturated carbocycles. The van der Waals surface area contributed by atoms with Gasteiger partial charge in [-0.1, -0.05) is 19.3 Å². The molecule has 1 aliphatic carbocycles. The monoisotopic (exact) mass is 273 g/mol. The van der Waals surface area contributed by atoms with Gasteiger partial charge in [-0.2, -0.15) is 0 Å². The molecule has 1 aromatic carbocycles. The summed E-state index contributed by atoms with van der Waals surface area (Å²) in [6, 6.07) is 8.24. The number of rotatable bonds is 4. The Morgan fingerprint density at radius 2 is 2.00 bits per heavy atom. The molecule has 0 unspecified atom stereocenters. The number of ether oxygens (including phenoxy) is 1. The average molecular weight is 273 g/mol. The van der Waals surface area contributed by atoms with Crippen molar-refractivity contribution in [2.24, 2.45) is 5.92 Å². The van der Waals surface area contributed by atoms with Crippen LogP contribution >= 0.6 is 0 Å². The van der Waals surface area contributed by atoms with Gasteiger partial charge in [-0.25, -0.2) is 0 Å². The van der Waals surface area contributed by atoms with Gasteiger partial charge in [0.2, 0.25) is 0 Å². The van der Waals surface area contributed by atoms with Crippen LogP contribution in [0, 0.1) is 5.92 Å². The fraction of sp³-hybridized carbons (Fsp3) is 0.529. The van der Waals surface area contributed by atoms with E-state index in [1.54, 1.807) is 7.11 Å². The Labute approximate surface area is 120 Å². The van der Waals surface area contributed by atoms with E-state index in [4.69, 9.17) is 4.74 Å². The van der Waals surface area contributed by atoms with Crippen LogP contribution in [0.3, 0.4) is 0 Å². The van der Waals surface area contributed by atoms with E-state index in [-0.39, 0.29) is 6.61 Å². The van der Waals surface area contributed by atoms with Crippen molar-refractivity contribution in [2.45, 2.75) is 45.3 Å². The summed E-state index contributed by atoms with van der Waals surface area (Å²) < 4.78 is 7.58. The van der Waals surface area contributed by atoms with E-state index >= 15 is 0 Å². The van der Waals surface area contributed by atoms with Gasteiger partial charge in [0.15, 0.2) is 0 Å². The molecule has 0 radical (unpaired) electrons. The standard InChI is InChI=1S/C17H23NO2/c1-20-16-7-8-17-14(10-16)9-15(12-19)18(17)11-13-5-3-2-4-6-13/h7-10,13,19H,2-6,11-12H2,1H3. The molecular weight excluding hydrogens is 250 g/mol. The minimum absolute atomic E-state index is 0.101. The minimum atomic E-state index is 0.101. The summed E-state index contributed by atoms with van der Waals surface area (Å²) in [5, 5.41) is 10.8. The Morgan fingerprint density at radius 1 is 1.20 bits per heavy atom. The maximum atomic E-state index is 9.62. The fourth-order valence-corrected chi connectivity index (χ4v) is 3.41. The van der Waals surface area contributed by atoms with E-state index in [1.807, 2.05) is 12.1 Å². The molecule has 3 nitrogen and oxygen atoms in total. The summed E-state index contributed by atoms with van der Waals surface area (Å²) in [4.78, 5) is 0. The van der Waals surface area contributed by atoms with E-state index in [9.17, 15) is 5.11 Å². The van der Waals surface area contributed by atoms with Crippen molar-refractivity contribution in [3.63, 3.8) is 0 Å². The Morgan fingerprint density at radius 3 is 2.70 bits per heavy atom. The molecule has 0 atom stereocenters. The summed E-state index contributed by atoms with van der Waals surface area (Å²) in [5.41, 5.74) is 2.22. The number of benzene rings is 1. The highest BCUT2D eigenvalue weighted by atomic mass is 16.5. The second-order valence-electron chi connectivity index (χ2n) is 5.83. The molecule has 1 aliphatic rings. The highest BCUT2D eigenvalue weighted by Crippen LogP contribution is 2.30. The average Bonchev–Trinajstić information content (AvgIpc) is 2.85. The lowest BCUT2D eigenvalue weighted by Gasteiger charge is -2.23. The van der Waals surface area contributed by atoms with Crippen molar-refractivity contribution in [3.8, 4) is 5.75 Å². The molecule has 0 amide bonds. The third-order valence-corrected chi connectivity index (χ3v) is 4.52. The normalized spacial score (nSPS) is 16.7. The largest absolute Gasteiger partial charge is 0.497 e. The second kappa shape index (κ2) is 5.88. The first kappa shape index (κ1) is 13.5. The van der Waals surface area contributed by atoms with Gasteiger partial charge in [-0.05, 0) is 43.0 Å². The van der Waals surface area contributed by atoms with Crippen molar-refractivity contribution in [1.29, 1.82) is 0 Å². The van der Waals surface area contributed by atoms with Crippen LogP contribution in [0.5, 0.6) is 5.75 Å². The highest BCUT2D eigenvalue weighted by molar-refractivity contribution is 5.82. The molecule has 1 heterocycles. The number of hydrogen-bond acceptors (Lipinski definition) is 2. The first-order valence-electron chi connectivity index (χ1n) is 7.59. The van der Waals surface area contributed by atoms with E-state index in [0.717, 1.165) is 29.3 Å². The molecule has 1 fully saturated rings. The lowest BCUT2D eigenvalue weighted by atomic mass is 9.89. The number of hydrogen-bond donors (Lipinski definition) is 1. The van der Waals surface area contributed by atoms with Crippen LogP contribution in [0.4, 0.5) is 0 Å². The lowest BCUT2D eigenvalue weighted by Crippen LogP contribution is -2.15. The van der Waals surface area contributed by atoms with Crippen LogP contribution in [-0.2, 0) is 13.2 Å². The van der Waals surface area contributed by atoms with Gasteiger partial charge in [0.05, 0.1) is 13.7 Å². The molecule has 1 N–H and O–H groups in total. The van der Waals surface area contributed by atoms with Crippen LogP contribution in [0.25, 0.3) is 10.9 Å². The molecular formula is C17H23NO2. The molecule has 0 aliphatic heterocycles. The number of fused-ring (bicyclic) bond motifs is 1. The number of aliphatic hydroxyl groups is 1. The maximum absolute atomic E-state index is 9.62. The summed E-state index contributed by atoms with van der Waals surface area (Å²) in [7, 11) is 1.69. The highest BCUT2D eigenvalue weighted by Gasteiger charge is 2.17. The third-order valence-electron chi connectivity index (χ3n) is 4.52. The zero-order chi connectivity index (χ0) is 13.9. The molecule has 3 rings (SSSR count). The summed E-state index contributed by atoms with van der Waals surface area (Å²) >= 11 is 0. The molecule has 0 spiro atoms. The van der Waals surface area contributed by atoms with Crippen molar-refractivity contribution < 1.29 is 9.84 Å². The third kappa shape index (κ3) is 2.55. The van der Waals surface area contributed by atoms with Gasteiger partial charge < -0.3 is 14.4 Å². The maximum Gasteiger partial charge on any atom is 0.119 e. The van der Waals surface area contributed by atoms with E-state index < -0.39 is 0 Å². The molecule has 0 saturated heterocycles. The van der Waals surface area contributed by atoms with Crippen LogP contribution < -0.4 is 4.74 Å². The van der Waals surface area contributed by atoms with Gasteiger partial charge in [0, 0.05) is 23.1 Å². The van der Waals surface area contributed by atoms with Crippen LogP contribution in [0.2, 0.25) is 0 Å². The number of aromatic nitrogens is 1.